The summed E-state index contributed by atoms with van der Waals surface area (Å²) in [5.74, 6) is 0.863. The van der Waals surface area contributed by atoms with Gasteiger partial charge in [-0.05, 0) is 34.1 Å². The normalized spacial score (nSPS) is 11.9. The number of aliphatic imine (C=N–C) groups is 1. The number of nitrogens with zero attached hydrogens (tertiary/aromatic N) is 1. The van der Waals surface area contributed by atoms with Gasteiger partial charge in [0.05, 0.1) is 13.2 Å². The average Bonchev–Trinajstić information content (AvgIpc) is 2.26. The Morgan fingerprint density at radius 2 is 1.84 bits per heavy atom. The second-order valence-corrected chi connectivity index (χ2v) is 5.09. The summed E-state index contributed by atoms with van der Waals surface area (Å²) in [6.07, 6.45) is 0.921. The molecule has 5 nitrogen and oxygen atoms in total. The zero-order chi connectivity index (χ0) is 13.9. The van der Waals surface area contributed by atoms with Crippen molar-refractivity contribution in [2.45, 2.75) is 39.7 Å². The maximum atomic E-state index is 5.38. The minimum absolute atomic E-state index is 0. The van der Waals surface area contributed by atoms with Crippen molar-refractivity contribution < 1.29 is 9.47 Å². The molecule has 0 aliphatic heterocycles. The first-order chi connectivity index (χ1) is 8.49. The molecule has 0 amide bonds. The number of rotatable bonds is 8. The van der Waals surface area contributed by atoms with Crippen molar-refractivity contribution in [3.63, 3.8) is 0 Å². The quantitative estimate of drug-likeness (QED) is 0.290. The maximum absolute atomic E-state index is 5.38. The second-order valence-electron chi connectivity index (χ2n) is 5.09. The van der Waals surface area contributed by atoms with Crippen LogP contribution in [0.5, 0.6) is 0 Å². The summed E-state index contributed by atoms with van der Waals surface area (Å²) in [7, 11) is 1.68. The predicted octanol–water partition coefficient (Wildman–Crippen LogP) is 2.01. The van der Waals surface area contributed by atoms with Gasteiger partial charge in [0.2, 0.25) is 0 Å². The molecule has 0 aliphatic rings. The van der Waals surface area contributed by atoms with Gasteiger partial charge in [0, 0.05) is 32.3 Å². The van der Waals surface area contributed by atoms with E-state index < -0.39 is 0 Å². The van der Waals surface area contributed by atoms with Crippen LogP contribution in [0.3, 0.4) is 0 Å². The van der Waals surface area contributed by atoms with Crippen molar-refractivity contribution in [1.29, 1.82) is 0 Å². The van der Waals surface area contributed by atoms with Crippen LogP contribution in [0.2, 0.25) is 0 Å². The Hall–Kier alpha value is -0.0800. The predicted molar refractivity (Wildman–Crippen MR) is 91.6 cm³/mol. The lowest BCUT2D eigenvalue weighted by atomic mass is 10.1. The first-order valence-corrected chi connectivity index (χ1v) is 6.62. The highest BCUT2D eigenvalue weighted by Gasteiger charge is 2.11. The third-order valence-electron chi connectivity index (χ3n) is 1.99. The van der Waals surface area contributed by atoms with E-state index in [1.165, 1.54) is 0 Å². The zero-order valence-corrected chi connectivity index (χ0v) is 15.2. The molecule has 0 bridgehead atoms. The van der Waals surface area contributed by atoms with Gasteiger partial charge in [0.25, 0.3) is 0 Å². The van der Waals surface area contributed by atoms with Crippen LogP contribution < -0.4 is 10.6 Å². The lowest BCUT2D eigenvalue weighted by Crippen LogP contribution is -2.47. The first-order valence-electron chi connectivity index (χ1n) is 6.62. The number of hydrogen-bond donors (Lipinski definition) is 2. The lowest BCUT2D eigenvalue weighted by Gasteiger charge is -2.23. The molecule has 0 saturated heterocycles. The molecule has 0 radical (unpaired) electrons. The molecule has 0 atom stereocenters. The molecule has 116 valence electrons. The highest BCUT2D eigenvalue weighted by atomic mass is 127. The fourth-order valence-electron chi connectivity index (χ4n) is 1.26. The van der Waals surface area contributed by atoms with Crippen molar-refractivity contribution in [2.24, 2.45) is 4.99 Å². The Morgan fingerprint density at radius 3 is 2.37 bits per heavy atom. The molecule has 2 N–H and O–H groups in total. The standard InChI is InChI=1S/C13H29N3O2.HI/c1-6-14-12(16-13(2,3)4)15-8-7-9-18-11-10-17-5;/h6-11H2,1-5H3,(H2,14,15,16);1H. The van der Waals surface area contributed by atoms with Crippen LogP contribution >= 0.6 is 24.0 Å². The van der Waals surface area contributed by atoms with Crippen molar-refractivity contribution in [1.82, 2.24) is 10.6 Å². The Morgan fingerprint density at radius 1 is 1.16 bits per heavy atom. The summed E-state index contributed by atoms with van der Waals surface area (Å²) in [4.78, 5) is 4.50. The molecule has 0 aromatic carbocycles. The van der Waals surface area contributed by atoms with Gasteiger partial charge in [-0.15, -0.1) is 24.0 Å². The molecule has 0 rings (SSSR count). The molecule has 0 fully saturated rings. The lowest BCUT2D eigenvalue weighted by molar-refractivity contribution is 0.0702. The van der Waals surface area contributed by atoms with Gasteiger partial charge in [-0.3, -0.25) is 4.99 Å². The van der Waals surface area contributed by atoms with Crippen molar-refractivity contribution in [2.75, 3.05) is 40.0 Å². The number of hydrogen-bond acceptors (Lipinski definition) is 3. The van der Waals surface area contributed by atoms with Crippen LogP contribution in [0.1, 0.15) is 34.1 Å². The van der Waals surface area contributed by atoms with E-state index in [2.05, 4.69) is 43.3 Å². The number of ether oxygens (including phenoxy) is 2. The summed E-state index contributed by atoms with van der Waals surface area (Å²) >= 11 is 0. The second kappa shape index (κ2) is 12.9. The van der Waals surface area contributed by atoms with Gasteiger partial charge in [-0.2, -0.15) is 0 Å². The number of methoxy groups -OCH3 is 1. The maximum Gasteiger partial charge on any atom is 0.191 e. The third kappa shape index (κ3) is 15.9. The van der Waals surface area contributed by atoms with Gasteiger partial charge in [-0.1, -0.05) is 0 Å². The van der Waals surface area contributed by atoms with E-state index >= 15 is 0 Å². The largest absolute Gasteiger partial charge is 0.382 e. The monoisotopic (exact) mass is 387 g/mol. The van der Waals surface area contributed by atoms with E-state index in [1.807, 2.05) is 0 Å². The summed E-state index contributed by atoms with van der Waals surface area (Å²) < 4.78 is 10.3. The number of nitrogens with one attached hydrogen (secondary N) is 2. The van der Waals surface area contributed by atoms with Gasteiger partial charge < -0.3 is 20.1 Å². The first kappa shape index (κ1) is 21.2. The molecule has 0 heterocycles. The van der Waals surface area contributed by atoms with Gasteiger partial charge >= 0.3 is 0 Å². The Balaban J connectivity index is 0. The van der Waals surface area contributed by atoms with E-state index in [9.17, 15) is 0 Å². The molecular weight excluding hydrogens is 357 g/mol. The zero-order valence-electron chi connectivity index (χ0n) is 12.9. The van der Waals surface area contributed by atoms with E-state index in [0.29, 0.717) is 13.2 Å². The Labute approximate surface area is 134 Å². The SMILES string of the molecule is CCNC(=NCCCOCCOC)NC(C)(C)C.I. The molecule has 0 spiro atoms. The van der Waals surface area contributed by atoms with Crippen molar-refractivity contribution in [3.05, 3.63) is 0 Å². The highest BCUT2D eigenvalue weighted by Crippen LogP contribution is 1.98. The molecule has 6 heteroatoms. The number of halogens is 1. The molecule has 19 heavy (non-hydrogen) atoms. The van der Waals surface area contributed by atoms with Crippen LogP contribution in [0, 0.1) is 0 Å². The topological polar surface area (TPSA) is 54.9 Å². The van der Waals surface area contributed by atoms with Crippen LogP contribution in [0.15, 0.2) is 4.99 Å². The van der Waals surface area contributed by atoms with E-state index in [0.717, 1.165) is 32.1 Å². The molecular formula is C13H30IN3O2. The van der Waals surface area contributed by atoms with Crippen molar-refractivity contribution >= 4 is 29.9 Å². The minimum atomic E-state index is 0. The van der Waals surface area contributed by atoms with E-state index in [-0.39, 0.29) is 29.5 Å². The smallest absolute Gasteiger partial charge is 0.191 e. The van der Waals surface area contributed by atoms with Crippen molar-refractivity contribution in [3.8, 4) is 0 Å². The summed E-state index contributed by atoms with van der Waals surface area (Å²) in [5.41, 5.74) is 0.0238. The molecule has 0 saturated carbocycles. The van der Waals surface area contributed by atoms with Crippen LogP contribution in [-0.2, 0) is 9.47 Å². The summed E-state index contributed by atoms with van der Waals surface area (Å²) in [6, 6.07) is 0. The van der Waals surface area contributed by atoms with Crippen LogP contribution in [0.4, 0.5) is 0 Å². The Bertz CT molecular complexity index is 230. The fourth-order valence-corrected chi connectivity index (χ4v) is 1.26. The van der Waals surface area contributed by atoms with Gasteiger partial charge in [0.15, 0.2) is 5.96 Å². The average molecular weight is 387 g/mol. The van der Waals surface area contributed by atoms with E-state index in [1.54, 1.807) is 7.11 Å². The summed E-state index contributed by atoms with van der Waals surface area (Å²) in [6.45, 7) is 12.1. The van der Waals surface area contributed by atoms with E-state index in [4.69, 9.17) is 9.47 Å². The summed E-state index contributed by atoms with van der Waals surface area (Å²) in [5, 5.41) is 6.57. The van der Waals surface area contributed by atoms with Crippen LogP contribution in [0.25, 0.3) is 0 Å². The number of guanidine groups is 1. The minimum Gasteiger partial charge on any atom is -0.382 e. The Kier molecular flexibility index (Phi) is 14.4. The molecule has 0 aliphatic carbocycles. The fraction of sp³-hybridized carbons (Fsp3) is 0.923. The van der Waals surface area contributed by atoms with Gasteiger partial charge in [0.1, 0.15) is 0 Å². The molecule has 0 aromatic rings. The van der Waals surface area contributed by atoms with Crippen LogP contribution in [-0.4, -0.2) is 51.5 Å². The highest BCUT2D eigenvalue weighted by molar-refractivity contribution is 14.0. The molecule has 0 aromatic heterocycles. The van der Waals surface area contributed by atoms with Gasteiger partial charge in [-0.25, -0.2) is 0 Å². The molecule has 0 unspecified atom stereocenters. The third-order valence-corrected chi connectivity index (χ3v) is 1.99.